The smallest absolute Gasteiger partial charge is 0.129 e. The molecule has 0 aromatic carbocycles. The van der Waals surface area contributed by atoms with Gasteiger partial charge in [-0.1, -0.05) is 6.92 Å². The van der Waals surface area contributed by atoms with Crippen LogP contribution in [0.5, 0.6) is 0 Å². The number of nitrogens with zero attached hydrogens (tertiary/aromatic N) is 2. The summed E-state index contributed by atoms with van der Waals surface area (Å²) < 4.78 is 0. The molecule has 1 aromatic heterocycles. The molecular formula is C14H23N3. The first-order valence-electron chi connectivity index (χ1n) is 6.57. The van der Waals surface area contributed by atoms with Crippen LogP contribution in [0.15, 0.2) is 18.3 Å². The van der Waals surface area contributed by atoms with Crippen LogP contribution < -0.4 is 10.2 Å². The largest absolute Gasteiger partial charge is 0.354 e. The van der Waals surface area contributed by atoms with E-state index in [1.165, 1.54) is 18.4 Å². The number of anilines is 1. The van der Waals surface area contributed by atoms with Crippen molar-refractivity contribution < 1.29 is 0 Å². The van der Waals surface area contributed by atoms with Crippen molar-refractivity contribution in [3.05, 3.63) is 23.9 Å². The van der Waals surface area contributed by atoms with Crippen molar-refractivity contribution in [2.75, 3.05) is 18.5 Å². The molecule has 0 radical (unpaired) electrons. The van der Waals surface area contributed by atoms with Crippen LogP contribution in [-0.2, 0) is 6.54 Å². The highest BCUT2D eigenvalue weighted by molar-refractivity contribution is 5.42. The van der Waals surface area contributed by atoms with E-state index in [0.29, 0.717) is 6.04 Å². The van der Waals surface area contributed by atoms with Crippen LogP contribution in [0.2, 0.25) is 0 Å². The summed E-state index contributed by atoms with van der Waals surface area (Å²) in [4.78, 5) is 6.98. The van der Waals surface area contributed by atoms with Gasteiger partial charge in [-0.15, -0.1) is 0 Å². The third kappa shape index (κ3) is 2.97. The van der Waals surface area contributed by atoms with E-state index in [2.05, 4.69) is 41.2 Å². The molecule has 3 heteroatoms. The van der Waals surface area contributed by atoms with Crippen molar-refractivity contribution in [2.45, 2.75) is 39.3 Å². The number of piperidine rings is 1. The van der Waals surface area contributed by atoms with Gasteiger partial charge in [-0.05, 0) is 50.4 Å². The maximum Gasteiger partial charge on any atom is 0.129 e. The molecule has 1 aliphatic heterocycles. The molecule has 17 heavy (non-hydrogen) atoms. The highest BCUT2D eigenvalue weighted by Crippen LogP contribution is 2.26. The quantitative estimate of drug-likeness (QED) is 0.869. The van der Waals surface area contributed by atoms with Gasteiger partial charge in [0.2, 0.25) is 0 Å². The second kappa shape index (κ2) is 5.50. The van der Waals surface area contributed by atoms with Gasteiger partial charge in [-0.3, -0.25) is 0 Å². The van der Waals surface area contributed by atoms with Gasteiger partial charge in [0.05, 0.1) is 0 Å². The highest BCUT2D eigenvalue weighted by atomic mass is 15.2. The maximum atomic E-state index is 4.53. The second-order valence-corrected chi connectivity index (χ2v) is 5.24. The molecule has 2 atom stereocenters. The zero-order chi connectivity index (χ0) is 12.3. The molecule has 1 N–H and O–H groups in total. The molecular weight excluding hydrogens is 210 g/mol. The lowest BCUT2D eigenvalue weighted by Gasteiger charge is -2.37. The van der Waals surface area contributed by atoms with Crippen LogP contribution in [0.3, 0.4) is 0 Å². The lowest BCUT2D eigenvalue weighted by molar-refractivity contribution is 0.388. The van der Waals surface area contributed by atoms with Crippen molar-refractivity contribution in [3.63, 3.8) is 0 Å². The number of nitrogens with one attached hydrogen (secondary N) is 1. The number of rotatable bonds is 3. The Hall–Kier alpha value is -1.09. The minimum Gasteiger partial charge on any atom is -0.354 e. The Morgan fingerprint density at radius 3 is 3.00 bits per heavy atom. The zero-order valence-corrected chi connectivity index (χ0v) is 11.1. The minimum atomic E-state index is 0.614. The SMILES string of the molecule is CNCc1ccnc(N2CC(C)CCC2C)c1. The summed E-state index contributed by atoms with van der Waals surface area (Å²) in [7, 11) is 1.98. The fraction of sp³-hybridized carbons (Fsp3) is 0.643. The van der Waals surface area contributed by atoms with E-state index in [1.54, 1.807) is 0 Å². The average Bonchev–Trinajstić information content (AvgIpc) is 2.33. The fourth-order valence-corrected chi connectivity index (χ4v) is 2.54. The van der Waals surface area contributed by atoms with E-state index >= 15 is 0 Å². The topological polar surface area (TPSA) is 28.2 Å². The molecule has 0 aliphatic carbocycles. The van der Waals surface area contributed by atoms with E-state index in [0.717, 1.165) is 24.8 Å². The van der Waals surface area contributed by atoms with Gasteiger partial charge in [0.25, 0.3) is 0 Å². The van der Waals surface area contributed by atoms with Crippen molar-refractivity contribution in [1.29, 1.82) is 0 Å². The second-order valence-electron chi connectivity index (χ2n) is 5.24. The molecule has 1 aromatic rings. The molecule has 1 saturated heterocycles. The number of hydrogen-bond acceptors (Lipinski definition) is 3. The van der Waals surface area contributed by atoms with Crippen molar-refractivity contribution in [1.82, 2.24) is 10.3 Å². The van der Waals surface area contributed by atoms with E-state index in [9.17, 15) is 0 Å². The maximum absolute atomic E-state index is 4.53. The van der Waals surface area contributed by atoms with Gasteiger partial charge in [-0.2, -0.15) is 0 Å². The van der Waals surface area contributed by atoms with E-state index < -0.39 is 0 Å². The Bertz CT molecular complexity index is 364. The van der Waals surface area contributed by atoms with Crippen LogP contribution in [0, 0.1) is 5.92 Å². The van der Waals surface area contributed by atoms with E-state index in [1.807, 2.05) is 13.2 Å². The molecule has 2 unspecified atom stereocenters. The summed E-state index contributed by atoms with van der Waals surface area (Å²) in [5.41, 5.74) is 1.31. The Morgan fingerprint density at radius 1 is 1.41 bits per heavy atom. The Labute approximate surface area is 104 Å². The Balaban J connectivity index is 2.16. The summed E-state index contributed by atoms with van der Waals surface area (Å²) in [5.74, 6) is 1.91. The normalized spacial score (nSPS) is 25.0. The van der Waals surface area contributed by atoms with E-state index in [4.69, 9.17) is 0 Å². The standard InChI is InChI=1S/C14H23N3/c1-11-4-5-12(2)17(10-11)14-8-13(9-15-3)6-7-16-14/h6-8,11-12,15H,4-5,9-10H2,1-3H3. The fourth-order valence-electron chi connectivity index (χ4n) is 2.54. The lowest BCUT2D eigenvalue weighted by Crippen LogP contribution is -2.41. The van der Waals surface area contributed by atoms with Crippen LogP contribution in [0.1, 0.15) is 32.3 Å². The number of hydrogen-bond donors (Lipinski definition) is 1. The lowest BCUT2D eigenvalue weighted by atomic mass is 9.95. The predicted octanol–water partition coefficient (Wildman–Crippen LogP) is 2.43. The summed E-state index contributed by atoms with van der Waals surface area (Å²) >= 11 is 0. The predicted molar refractivity (Wildman–Crippen MR) is 72.2 cm³/mol. The van der Waals surface area contributed by atoms with Gasteiger partial charge in [0.15, 0.2) is 0 Å². The minimum absolute atomic E-state index is 0.614. The molecule has 0 saturated carbocycles. The van der Waals surface area contributed by atoms with Crippen molar-refractivity contribution in [3.8, 4) is 0 Å². The summed E-state index contributed by atoms with van der Waals surface area (Å²) in [6.07, 6.45) is 4.54. The van der Waals surface area contributed by atoms with Gasteiger partial charge in [0, 0.05) is 25.3 Å². The van der Waals surface area contributed by atoms with Crippen LogP contribution in [-0.4, -0.2) is 24.6 Å². The number of aromatic nitrogens is 1. The zero-order valence-electron chi connectivity index (χ0n) is 11.1. The van der Waals surface area contributed by atoms with E-state index in [-0.39, 0.29) is 0 Å². The molecule has 1 aliphatic rings. The van der Waals surface area contributed by atoms with Crippen molar-refractivity contribution >= 4 is 5.82 Å². The summed E-state index contributed by atoms with van der Waals surface area (Å²) in [6, 6.07) is 4.91. The molecule has 3 nitrogen and oxygen atoms in total. The van der Waals surface area contributed by atoms with Gasteiger partial charge < -0.3 is 10.2 Å². The average molecular weight is 233 g/mol. The molecule has 1 fully saturated rings. The monoisotopic (exact) mass is 233 g/mol. The highest BCUT2D eigenvalue weighted by Gasteiger charge is 2.23. The molecule has 94 valence electrons. The first-order valence-corrected chi connectivity index (χ1v) is 6.57. The van der Waals surface area contributed by atoms with Gasteiger partial charge in [-0.25, -0.2) is 4.98 Å². The number of pyridine rings is 1. The Kier molecular flexibility index (Phi) is 4.00. The first kappa shape index (κ1) is 12.4. The third-order valence-electron chi connectivity index (χ3n) is 3.60. The third-order valence-corrected chi connectivity index (χ3v) is 3.60. The molecule has 2 rings (SSSR count). The first-order chi connectivity index (χ1) is 8.20. The summed E-state index contributed by atoms with van der Waals surface area (Å²) in [5, 5.41) is 3.19. The molecule has 2 heterocycles. The molecule has 0 bridgehead atoms. The van der Waals surface area contributed by atoms with Crippen LogP contribution in [0.4, 0.5) is 5.82 Å². The molecule has 0 amide bonds. The van der Waals surface area contributed by atoms with Crippen LogP contribution >= 0.6 is 0 Å². The van der Waals surface area contributed by atoms with Gasteiger partial charge in [0.1, 0.15) is 5.82 Å². The molecule has 0 spiro atoms. The van der Waals surface area contributed by atoms with Crippen LogP contribution in [0.25, 0.3) is 0 Å². The van der Waals surface area contributed by atoms with Gasteiger partial charge >= 0.3 is 0 Å². The van der Waals surface area contributed by atoms with Crippen molar-refractivity contribution in [2.24, 2.45) is 5.92 Å². The summed E-state index contributed by atoms with van der Waals surface area (Å²) in [6.45, 7) is 6.68. The Morgan fingerprint density at radius 2 is 2.24 bits per heavy atom.